The summed E-state index contributed by atoms with van der Waals surface area (Å²) in [4.78, 5) is 7.25. The van der Waals surface area contributed by atoms with Gasteiger partial charge in [0.25, 0.3) is 0 Å². The molecule has 3 heteroatoms. The van der Waals surface area contributed by atoms with E-state index in [1.54, 1.807) is 6.20 Å². The second-order valence-corrected chi connectivity index (χ2v) is 4.01. The molecule has 0 fully saturated rings. The van der Waals surface area contributed by atoms with E-state index in [0.717, 1.165) is 0 Å². The van der Waals surface area contributed by atoms with Gasteiger partial charge in [-0.3, -0.25) is 0 Å². The molecular weight excluding hydrogens is 140 g/mol. The third-order valence-electron chi connectivity index (χ3n) is 1.26. The fourth-order valence-corrected chi connectivity index (χ4v) is 1.76. The summed E-state index contributed by atoms with van der Waals surface area (Å²) in [5, 5.41) is 0. The van der Waals surface area contributed by atoms with Crippen LogP contribution in [-0.2, 0) is 0 Å². The molecule has 0 spiro atoms. The van der Waals surface area contributed by atoms with Crippen molar-refractivity contribution >= 4 is 15.0 Å². The van der Waals surface area contributed by atoms with Gasteiger partial charge in [-0.25, -0.2) is 4.98 Å². The van der Waals surface area contributed by atoms with Crippen molar-refractivity contribution in [3.63, 3.8) is 0 Å². The van der Waals surface area contributed by atoms with E-state index in [-0.39, 0.29) is 9.52 Å². The third kappa shape index (κ3) is 2.19. The maximum atomic E-state index is 4.15. The number of rotatable bonds is 2. The van der Waals surface area contributed by atoms with Crippen molar-refractivity contribution in [3.8, 4) is 0 Å². The number of hydrogen-bond acceptors (Lipinski definition) is 1. The number of aromatic nitrogens is 2. The van der Waals surface area contributed by atoms with Gasteiger partial charge < -0.3 is 4.98 Å². The quantitative estimate of drug-likeness (QED) is 0.599. The van der Waals surface area contributed by atoms with Gasteiger partial charge in [0.15, 0.2) is 0 Å². The second-order valence-electron chi connectivity index (χ2n) is 2.52. The zero-order valence-electron chi connectivity index (χ0n) is 6.39. The summed E-state index contributed by atoms with van der Waals surface area (Å²) in [7, 11) is -0.245. The fraction of sp³-hybridized carbons (Fsp3) is 0.286. The normalized spacial score (nSPS) is 10.6. The second kappa shape index (κ2) is 3.36. The molecule has 1 aromatic heterocycles. The molecule has 1 heterocycles. The molecule has 0 aromatic carbocycles. The third-order valence-corrected chi connectivity index (χ3v) is 3.05. The molecule has 1 aromatic rings. The fourth-order valence-electron chi connectivity index (χ4n) is 0.710. The van der Waals surface area contributed by atoms with Gasteiger partial charge in [0.2, 0.25) is 0 Å². The summed E-state index contributed by atoms with van der Waals surface area (Å²) in [6.45, 7) is 4.24. The highest BCUT2D eigenvalue weighted by Crippen LogP contribution is 1.84. The maximum absolute atomic E-state index is 4.15. The summed E-state index contributed by atoms with van der Waals surface area (Å²) < 4.78 is 0. The van der Waals surface area contributed by atoms with Crippen molar-refractivity contribution in [3.05, 3.63) is 23.7 Å². The Balaban J connectivity index is 2.49. The molecule has 54 valence electrons. The monoisotopic (exact) mass is 152 g/mol. The predicted octanol–water partition coefficient (Wildman–Crippen LogP) is 0.127. The van der Waals surface area contributed by atoms with Crippen LogP contribution in [0.15, 0.2) is 23.7 Å². The van der Waals surface area contributed by atoms with Crippen LogP contribution in [0.5, 0.6) is 0 Å². The van der Waals surface area contributed by atoms with Crippen LogP contribution in [0.3, 0.4) is 0 Å². The minimum atomic E-state index is -0.245. The SMILES string of the molecule is CC(C)=C[SiH2]c1ncc[nH]1. The van der Waals surface area contributed by atoms with E-state index in [0.29, 0.717) is 0 Å². The first-order chi connectivity index (χ1) is 4.79. The molecule has 0 unspecified atom stereocenters. The van der Waals surface area contributed by atoms with Crippen LogP contribution in [0, 0.1) is 0 Å². The Kier molecular flexibility index (Phi) is 2.45. The van der Waals surface area contributed by atoms with Gasteiger partial charge in [-0.15, -0.1) is 0 Å². The van der Waals surface area contributed by atoms with E-state index < -0.39 is 0 Å². The molecule has 0 saturated heterocycles. The number of imidazole rings is 1. The smallest absolute Gasteiger partial charge is 0.123 e. The van der Waals surface area contributed by atoms with E-state index in [9.17, 15) is 0 Å². The van der Waals surface area contributed by atoms with Crippen molar-refractivity contribution in [2.24, 2.45) is 0 Å². The lowest BCUT2D eigenvalue weighted by Gasteiger charge is -1.87. The van der Waals surface area contributed by atoms with Crippen LogP contribution in [0.1, 0.15) is 13.8 Å². The Morgan fingerprint density at radius 1 is 1.70 bits per heavy atom. The Labute approximate surface area is 63.2 Å². The zero-order chi connectivity index (χ0) is 7.40. The molecule has 0 atom stereocenters. The minimum absolute atomic E-state index is 0.245. The van der Waals surface area contributed by atoms with Gasteiger partial charge in [0, 0.05) is 12.4 Å². The van der Waals surface area contributed by atoms with Gasteiger partial charge in [-0.05, 0) is 13.8 Å². The van der Waals surface area contributed by atoms with Gasteiger partial charge in [-0.2, -0.15) is 0 Å². The average molecular weight is 152 g/mol. The number of nitrogens with zero attached hydrogens (tertiary/aromatic N) is 1. The number of aromatic amines is 1. The number of hydrogen-bond donors (Lipinski definition) is 1. The molecule has 1 N–H and O–H groups in total. The Morgan fingerprint density at radius 3 is 3.00 bits per heavy atom. The van der Waals surface area contributed by atoms with Crippen molar-refractivity contribution in [1.82, 2.24) is 9.97 Å². The van der Waals surface area contributed by atoms with Crippen LogP contribution in [0.25, 0.3) is 0 Å². The first-order valence-electron chi connectivity index (χ1n) is 3.40. The number of nitrogens with one attached hydrogen (secondary N) is 1. The highest BCUT2D eigenvalue weighted by molar-refractivity contribution is 6.56. The van der Waals surface area contributed by atoms with Crippen LogP contribution in [0.2, 0.25) is 0 Å². The molecule has 0 aliphatic carbocycles. The molecule has 0 saturated carbocycles. The van der Waals surface area contributed by atoms with Crippen molar-refractivity contribution in [2.45, 2.75) is 13.8 Å². The molecule has 0 aliphatic rings. The number of allylic oxidation sites excluding steroid dienone is 1. The van der Waals surface area contributed by atoms with E-state index in [4.69, 9.17) is 0 Å². The Morgan fingerprint density at radius 2 is 2.50 bits per heavy atom. The molecular formula is C7H12N2Si. The first kappa shape index (κ1) is 7.28. The molecule has 0 amide bonds. The van der Waals surface area contributed by atoms with Gasteiger partial charge in [-0.1, -0.05) is 11.3 Å². The Hall–Kier alpha value is -0.833. The maximum Gasteiger partial charge on any atom is 0.123 e. The summed E-state index contributed by atoms with van der Waals surface area (Å²) in [6.07, 6.45) is 3.68. The van der Waals surface area contributed by atoms with Crippen molar-refractivity contribution in [2.75, 3.05) is 0 Å². The van der Waals surface area contributed by atoms with Crippen molar-refractivity contribution < 1.29 is 0 Å². The largest absolute Gasteiger partial charge is 0.353 e. The minimum Gasteiger partial charge on any atom is -0.353 e. The predicted molar refractivity (Wildman–Crippen MR) is 46.2 cm³/mol. The first-order valence-corrected chi connectivity index (χ1v) is 4.93. The van der Waals surface area contributed by atoms with Crippen LogP contribution in [0.4, 0.5) is 0 Å². The zero-order valence-corrected chi connectivity index (χ0v) is 7.80. The van der Waals surface area contributed by atoms with Crippen LogP contribution >= 0.6 is 0 Å². The summed E-state index contributed by atoms with van der Waals surface area (Å²) in [6, 6.07) is 0. The lowest BCUT2D eigenvalue weighted by molar-refractivity contribution is 1.38. The molecule has 0 aliphatic heterocycles. The summed E-state index contributed by atoms with van der Waals surface area (Å²) in [5.41, 5.74) is 4.85. The highest BCUT2D eigenvalue weighted by Gasteiger charge is 1.89. The molecule has 10 heavy (non-hydrogen) atoms. The average Bonchev–Trinajstić information content (AvgIpc) is 2.34. The van der Waals surface area contributed by atoms with E-state index in [2.05, 4.69) is 29.5 Å². The lowest BCUT2D eigenvalue weighted by Crippen LogP contribution is -2.16. The molecule has 1 rings (SSSR count). The van der Waals surface area contributed by atoms with Crippen LogP contribution in [-0.4, -0.2) is 19.5 Å². The molecule has 0 bridgehead atoms. The van der Waals surface area contributed by atoms with Gasteiger partial charge in [0.1, 0.15) is 9.52 Å². The van der Waals surface area contributed by atoms with Crippen LogP contribution < -0.4 is 5.45 Å². The molecule has 0 radical (unpaired) electrons. The lowest BCUT2D eigenvalue weighted by atomic mass is 10.4. The summed E-state index contributed by atoms with van der Waals surface area (Å²) >= 11 is 0. The van der Waals surface area contributed by atoms with E-state index in [1.165, 1.54) is 11.0 Å². The van der Waals surface area contributed by atoms with Gasteiger partial charge >= 0.3 is 0 Å². The van der Waals surface area contributed by atoms with Crippen molar-refractivity contribution in [1.29, 1.82) is 0 Å². The molecule has 2 nitrogen and oxygen atoms in total. The summed E-state index contributed by atoms with van der Waals surface area (Å²) in [5.74, 6) is 0. The highest BCUT2D eigenvalue weighted by atomic mass is 28.2. The van der Waals surface area contributed by atoms with E-state index in [1.807, 2.05) is 6.20 Å². The Bertz CT molecular complexity index is 210. The van der Waals surface area contributed by atoms with E-state index >= 15 is 0 Å². The topological polar surface area (TPSA) is 28.7 Å². The van der Waals surface area contributed by atoms with Gasteiger partial charge in [0.05, 0.1) is 5.45 Å². The number of H-pyrrole nitrogens is 1. The standard InChI is InChI=1S/C7H12N2Si/c1-6(2)5-10-7-8-3-4-9-7/h3-5H,10H2,1-2H3,(H,8,9).